The monoisotopic (exact) mass is 392 g/mol. The SMILES string of the molecule is C=C[n+]1ccsc1.O=S(=O)([N-]S(=O)(=O)C(F)(F)F)C(F)(F)F. The van der Waals surface area contributed by atoms with Crippen LogP contribution in [0.4, 0.5) is 26.3 Å². The van der Waals surface area contributed by atoms with Crippen LogP contribution in [0.5, 0.6) is 0 Å². The van der Waals surface area contributed by atoms with E-state index in [0.29, 0.717) is 0 Å². The molecule has 0 amide bonds. The fraction of sp³-hybridized carbons (Fsp3) is 0.286. The largest absolute Gasteiger partial charge is 0.480 e. The van der Waals surface area contributed by atoms with Gasteiger partial charge in [0.15, 0.2) is 32.4 Å². The minimum Gasteiger partial charge on any atom is -0.421 e. The van der Waals surface area contributed by atoms with Gasteiger partial charge in [-0.3, -0.25) is 0 Å². The summed E-state index contributed by atoms with van der Waals surface area (Å²) in [7, 11) is -13.4. The Morgan fingerprint density at radius 3 is 1.59 bits per heavy atom. The van der Waals surface area contributed by atoms with E-state index in [-0.39, 0.29) is 0 Å². The molecular weight excluding hydrogens is 386 g/mol. The summed E-state index contributed by atoms with van der Waals surface area (Å²) in [4.78, 5) is 0. The van der Waals surface area contributed by atoms with Crippen LogP contribution in [0.25, 0.3) is 10.3 Å². The highest BCUT2D eigenvalue weighted by atomic mass is 32.3. The lowest BCUT2D eigenvalue weighted by Crippen LogP contribution is -2.30. The van der Waals surface area contributed by atoms with E-state index < -0.39 is 31.1 Å². The average Bonchev–Trinajstić information content (AvgIpc) is 2.77. The van der Waals surface area contributed by atoms with Gasteiger partial charge >= 0.3 is 11.0 Å². The predicted molar refractivity (Wildman–Crippen MR) is 64.2 cm³/mol. The molecule has 15 heteroatoms. The first-order valence-corrected chi connectivity index (χ1v) is 8.38. The molecule has 0 spiro atoms. The number of nitrogens with zero attached hydrogens (tertiary/aromatic N) is 2. The van der Waals surface area contributed by atoms with Crippen molar-refractivity contribution in [2.75, 3.05) is 0 Å². The Labute approximate surface area is 124 Å². The number of hydrogen-bond donors (Lipinski definition) is 0. The minimum atomic E-state index is -6.72. The molecule has 0 aliphatic carbocycles. The second-order valence-corrected chi connectivity index (χ2v) is 7.25. The van der Waals surface area contributed by atoms with Gasteiger partial charge in [0.05, 0.1) is 5.38 Å². The van der Waals surface area contributed by atoms with Crippen LogP contribution in [0, 0.1) is 0 Å². The number of alkyl halides is 6. The summed E-state index contributed by atoms with van der Waals surface area (Å²) < 4.78 is 111. The quantitative estimate of drug-likeness (QED) is 0.583. The van der Waals surface area contributed by atoms with Gasteiger partial charge in [0.25, 0.3) is 0 Å². The molecule has 0 aliphatic rings. The van der Waals surface area contributed by atoms with Gasteiger partial charge in [-0.1, -0.05) is 11.3 Å². The molecular formula is C7H6F6N2O4S3. The smallest absolute Gasteiger partial charge is 0.421 e. The van der Waals surface area contributed by atoms with Crippen LogP contribution >= 0.6 is 11.3 Å². The highest BCUT2D eigenvalue weighted by Gasteiger charge is 2.46. The predicted octanol–water partition coefficient (Wildman–Crippen LogP) is 2.20. The standard InChI is InChI=1S/C5H6NS.C2F6NO4S2/c1-2-6-3-4-7-5-6;3-1(4,5)14(10,11)9-15(12,13)2(6,7)8/h2-5H,1H2;/q+1;-1. The Kier molecular flexibility index (Phi) is 6.55. The second kappa shape index (κ2) is 6.93. The molecule has 1 aromatic rings. The van der Waals surface area contributed by atoms with Crippen LogP contribution in [0.15, 0.2) is 23.7 Å². The normalized spacial score (nSPS) is 13.2. The van der Waals surface area contributed by atoms with E-state index in [4.69, 9.17) is 0 Å². The lowest BCUT2D eigenvalue weighted by molar-refractivity contribution is -0.562. The molecule has 0 radical (unpaired) electrons. The zero-order chi connectivity index (χ0) is 17.8. The van der Waals surface area contributed by atoms with E-state index >= 15 is 0 Å². The Balaban J connectivity index is 0.000000518. The fourth-order valence-electron chi connectivity index (χ4n) is 0.564. The highest BCUT2D eigenvalue weighted by Crippen LogP contribution is 2.36. The first-order chi connectivity index (χ1) is 9.64. The molecule has 1 heterocycles. The summed E-state index contributed by atoms with van der Waals surface area (Å²) >= 11 is 1.66. The van der Waals surface area contributed by atoms with Gasteiger partial charge in [0.1, 0.15) is 0 Å². The molecule has 0 unspecified atom stereocenters. The number of sulfonamides is 2. The van der Waals surface area contributed by atoms with E-state index in [1.807, 2.05) is 21.7 Å². The van der Waals surface area contributed by atoms with Crippen LogP contribution in [0.1, 0.15) is 0 Å². The molecule has 0 aliphatic heterocycles. The van der Waals surface area contributed by atoms with Crippen molar-refractivity contribution in [3.8, 4) is 0 Å². The fourth-order valence-corrected chi connectivity index (χ4v) is 2.85. The van der Waals surface area contributed by atoms with Crippen LogP contribution in [0.3, 0.4) is 0 Å². The van der Waals surface area contributed by atoms with Crippen molar-refractivity contribution in [2.45, 2.75) is 11.0 Å². The van der Waals surface area contributed by atoms with E-state index in [1.165, 1.54) is 0 Å². The van der Waals surface area contributed by atoms with E-state index in [2.05, 4.69) is 6.58 Å². The van der Waals surface area contributed by atoms with Crippen molar-refractivity contribution in [1.29, 1.82) is 0 Å². The molecule has 0 aromatic carbocycles. The van der Waals surface area contributed by atoms with Gasteiger partial charge in [0.2, 0.25) is 5.51 Å². The first kappa shape index (κ1) is 20.8. The summed E-state index contributed by atoms with van der Waals surface area (Å²) in [6.45, 7) is 3.57. The average molecular weight is 392 g/mol. The Hall–Kier alpha value is -1.19. The van der Waals surface area contributed by atoms with Crippen molar-refractivity contribution in [3.63, 3.8) is 0 Å². The molecule has 0 bridgehead atoms. The van der Waals surface area contributed by atoms with Crippen LogP contribution < -0.4 is 4.57 Å². The van der Waals surface area contributed by atoms with Gasteiger partial charge < -0.3 is 4.13 Å². The highest BCUT2D eigenvalue weighted by molar-refractivity contribution is 8.13. The van der Waals surface area contributed by atoms with E-state index in [0.717, 1.165) is 4.13 Å². The van der Waals surface area contributed by atoms with Crippen LogP contribution in [0.2, 0.25) is 0 Å². The molecule has 1 rings (SSSR count). The van der Waals surface area contributed by atoms with Crippen molar-refractivity contribution in [3.05, 3.63) is 27.8 Å². The molecule has 0 saturated carbocycles. The number of hydrogen-bond acceptors (Lipinski definition) is 5. The zero-order valence-electron chi connectivity index (χ0n) is 10.0. The lowest BCUT2D eigenvalue weighted by atomic mass is 10.9. The van der Waals surface area contributed by atoms with E-state index in [1.54, 1.807) is 17.5 Å². The molecule has 6 nitrogen and oxygen atoms in total. The topological polar surface area (TPSA) is 86.3 Å². The van der Waals surface area contributed by atoms with Crippen LogP contribution in [-0.4, -0.2) is 27.9 Å². The molecule has 22 heavy (non-hydrogen) atoms. The molecule has 128 valence electrons. The zero-order valence-corrected chi connectivity index (χ0v) is 12.5. The Bertz CT molecular complexity index is 648. The van der Waals surface area contributed by atoms with Gasteiger partial charge in [-0.15, -0.1) is 0 Å². The Morgan fingerprint density at radius 2 is 1.41 bits per heavy atom. The first-order valence-electron chi connectivity index (χ1n) is 4.56. The summed E-state index contributed by atoms with van der Waals surface area (Å²) in [5.41, 5.74) is -10.4. The molecule has 1 aromatic heterocycles. The summed E-state index contributed by atoms with van der Waals surface area (Å²) in [6.07, 6.45) is 3.72. The van der Waals surface area contributed by atoms with Crippen molar-refractivity contribution in [1.82, 2.24) is 0 Å². The van der Waals surface area contributed by atoms with Crippen molar-refractivity contribution < 1.29 is 47.7 Å². The minimum absolute atomic E-state index is 0.778. The molecule has 0 saturated heterocycles. The second-order valence-electron chi connectivity index (χ2n) is 3.07. The third-order valence-corrected chi connectivity index (χ3v) is 4.87. The van der Waals surface area contributed by atoms with Crippen molar-refractivity contribution >= 4 is 37.6 Å². The van der Waals surface area contributed by atoms with Gasteiger partial charge in [-0.25, -0.2) is 16.8 Å². The van der Waals surface area contributed by atoms with Crippen LogP contribution in [-0.2, 0) is 20.0 Å². The third kappa shape index (κ3) is 5.90. The summed E-state index contributed by atoms with van der Waals surface area (Å²) in [6, 6.07) is 0. The third-order valence-electron chi connectivity index (χ3n) is 1.49. The summed E-state index contributed by atoms with van der Waals surface area (Å²) in [5, 5.41) is 2.00. The number of rotatable bonds is 3. The maximum atomic E-state index is 11.4. The molecule has 0 N–H and O–H groups in total. The van der Waals surface area contributed by atoms with Gasteiger partial charge in [-0.2, -0.15) is 30.9 Å². The Morgan fingerprint density at radius 1 is 1.00 bits per heavy atom. The number of halogens is 6. The van der Waals surface area contributed by atoms with Crippen molar-refractivity contribution in [2.24, 2.45) is 0 Å². The van der Waals surface area contributed by atoms with E-state index in [9.17, 15) is 43.2 Å². The summed E-state index contributed by atoms with van der Waals surface area (Å²) in [5.74, 6) is 0. The van der Waals surface area contributed by atoms with Gasteiger partial charge in [0, 0.05) is 0 Å². The molecule has 0 atom stereocenters. The number of aromatic nitrogens is 1. The lowest BCUT2D eigenvalue weighted by Gasteiger charge is -2.22. The number of thiazole rings is 1. The maximum absolute atomic E-state index is 11.4. The maximum Gasteiger partial charge on any atom is 0.480 e. The molecule has 0 fully saturated rings. The van der Waals surface area contributed by atoms with Gasteiger partial charge in [-0.05, 0) is 6.58 Å².